The molecule has 4 rings (SSSR count). The third kappa shape index (κ3) is 3.32. The van der Waals surface area contributed by atoms with Crippen molar-refractivity contribution in [3.63, 3.8) is 0 Å². The summed E-state index contributed by atoms with van der Waals surface area (Å²) in [4.78, 5) is 39.7. The molecule has 4 atom stereocenters. The summed E-state index contributed by atoms with van der Waals surface area (Å²) < 4.78 is 0.888. The van der Waals surface area contributed by atoms with Gasteiger partial charge < -0.3 is 5.11 Å². The summed E-state index contributed by atoms with van der Waals surface area (Å²) in [5, 5.41) is 12.6. The summed E-state index contributed by atoms with van der Waals surface area (Å²) >= 11 is 4.83. The summed E-state index contributed by atoms with van der Waals surface area (Å²) in [5.41, 5.74) is 0.966. The SMILES string of the molecule is O=C(O)C1NC(c2ccc(Br)s2)C2C(=O)N(CC=Cc3ccccc3)C(=O)C12. The molecule has 0 bridgehead atoms. The normalized spacial score (nSPS) is 27.0. The maximum absolute atomic E-state index is 13.0. The number of rotatable bonds is 5. The van der Waals surface area contributed by atoms with Gasteiger partial charge in [0.15, 0.2) is 0 Å². The summed E-state index contributed by atoms with van der Waals surface area (Å²) in [6, 6.07) is 11.7. The van der Waals surface area contributed by atoms with Crippen LogP contribution in [-0.2, 0) is 14.4 Å². The maximum Gasteiger partial charge on any atom is 0.321 e. The molecule has 1 aromatic carbocycles. The van der Waals surface area contributed by atoms with Gasteiger partial charge in [-0.2, -0.15) is 0 Å². The number of nitrogens with one attached hydrogen (secondary N) is 1. The number of thiophene rings is 1. The zero-order chi connectivity index (χ0) is 19.8. The Bertz CT molecular complexity index is 958. The molecule has 2 aliphatic rings. The van der Waals surface area contributed by atoms with Crippen molar-refractivity contribution in [2.45, 2.75) is 12.1 Å². The van der Waals surface area contributed by atoms with Crippen LogP contribution in [0.3, 0.4) is 0 Å². The molecule has 4 unspecified atom stereocenters. The Balaban J connectivity index is 1.59. The summed E-state index contributed by atoms with van der Waals surface area (Å²) in [6.07, 6.45) is 3.60. The van der Waals surface area contributed by atoms with Crippen LogP contribution in [0.25, 0.3) is 6.08 Å². The van der Waals surface area contributed by atoms with Crippen LogP contribution in [0, 0.1) is 11.8 Å². The van der Waals surface area contributed by atoms with Gasteiger partial charge in [-0.05, 0) is 33.6 Å². The first-order chi connectivity index (χ1) is 13.5. The largest absolute Gasteiger partial charge is 0.480 e. The number of hydrogen-bond acceptors (Lipinski definition) is 5. The van der Waals surface area contributed by atoms with Gasteiger partial charge in [0.2, 0.25) is 11.8 Å². The molecular weight excluding hydrogens is 444 g/mol. The third-order valence-electron chi connectivity index (χ3n) is 5.13. The van der Waals surface area contributed by atoms with Crippen molar-refractivity contribution >= 4 is 51.1 Å². The number of halogens is 1. The van der Waals surface area contributed by atoms with E-state index in [0.717, 1.165) is 14.2 Å². The predicted molar refractivity (Wildman–Crippen MR) is 108 cm³/mol. The Labute approximate surface area is 174 Å². The molecule has 0 radical (unpaired) electrons. The first-order valence-corrected chi connectivity index (χ1v) is 10.4. The number of benzene rings is 1. The average Bonchev–Trinajstić information content (AvgIpc) is 3.34. The fraction of sp³-hybridized carbons (Fsp3) is 0.250. The number of likely N-dealkylation sites (tertiary alicyclic amines) is 1. The molecule has 2 N–H and O–H groups in total. The molecule has 2 saturated heterocycles. The second kappa shape index (κ2) is 7.62. The van der Waals surface area contributed by atoms with Gasteiger partial charge in [-0.15, -0.1) is 11.3 Å². The van der Waals surface area contributed by atoms with Crippen molar-refractivity contribution in [1.29, 1.82) is 0 Å². The Morgan fingerprint density at radius 3 is 2.50 bits per heavy atom. The van der Waals surface area contributed by atoms with E-state index >= 15 is 0 Å². The van der Waals surface area contributed by atoms with Crippen molar-refractivity contribution in [3.05, 3.63) is 62.8 Å². The van der Waals surface area contributed by atoms with Crippen molar-refractivity contribution in [2.24, 2.45) is 11.8 Å². The van der Waals surface area contributed by atoms with Crippen molar-refractivity contribution in [1.82, 2.24) is 10.2 Å². The van der Waals surface area contributed by atoms with Crippen LogP contribution in [0.2, 0.25) is 0 Å². The quantitative estimate of drug-likeness (QED) is 0.669. The van der Waals surface area contributed by atoms with Crippen LogP contribution < -0.4 is 5.32 Å². The molecule has 2 aromatic rings. The van der Waals surface area contributed by atoms with Gasteiger partial charge in [0.1, 0.15) is 6.04 Å². The molecule has 0 spiro atoms. The van der Waals surface area contributed by atoms with Crippen LogP contribution >= 0.6 is 27.3 Å². The molecule has 1 aromatic heterocycles. The van der Waals surface area contributed by atoms with E-state index in [-0.39, 0.29) is 12.5 Å². The fourth-order valence-electron chi connectivity index (χ4n) is 3.89. The first-order valence-electron chi connectivity index (χ1n) is 8.78. The second-order valence-corrected chi connectivity index (χ2v) is 9.25. The zero-order valence-electron chi connectivity index (χ0n) is 14.6. The third-order valence-corrected chi connectivity index (χ3v) is 6.84. The lowest BCUT2D eigenvalue weighted by atomic mass is 9.89. The lowest BCUT2D eigenvalue weighted by molar-refractivity contribution is -0.145. The van der Waals surface area contributed by atoms with E-state index in [1.807, 2.05) is 48.5 Å². The van der Waals surface area contributed by atoms with Crippen molar-refractivity contribution in [3.8, 4) is 0 Å². The van der Waals surface area contributed by atoms with Crippen LogP contribution in [0.5, 0.6) is 0 Å². The molecule has 0 saturated carbocycles. The fourth-order valence-corrected chi connectivity index (χ4v) is 5.43. The number of carboxylic acids is 1. The highest BCUT2D eigenvalue weighted by Crippen LogP contribution is 2.46. The number of hydrogen-bond donors (Lipinski definition) is 2. The number of aliphatic carboxylic acids is 1. The highest BCUT2D eigenvalue weighted by molar-refractivity contribution is 9.11. The molecule has 2 fully saturated rings. The van der Waals surface area contributed by atoms with Gasteiger partial charge in [0.05, 0.1) is 21.7 Å². The first kappa shape index (κ1) is 19.0. The van der Waals surface area contributed by atoms with Crippen molar-refractivity contribution < 1.29 is 19.5 Å². The number of amides is 2. The highest BCUT2D eigenvalue weighted by Gasteiger charge is 2.61. The van der Waals surface area contributed by atoms with E-state index in [1.54, 1.807) is 6.08 Å². The Morgan fingerprint density at radius 1 is 1.14 bits per heavy atom. The lowest BCUT2D eigenvalue weighted by Gasteiger charge is -2.19. The van der Waals surface area contributed by atoms with Gasteiger partial charge in [-0.3, -0.25) is 24.6 Å². The molecule has 2 aliphatic heterocycles. The van der Waals surface area contributed by atoms with Gasteiger partial charge in [0, 0.05) is 11.4 Å². The van der Waals surface area contributed by atoms with Gasteiger partial charge in [0.25, 0.3) is 0 Å². The topological polar surface area (TPSA) is 86.7 Å². The van der Waals surface area contributed by atoms with Crippen molar-refractivity contribution in [2.75, 3.05) is 6.54 Å². The van der Waals surface area contributed by atoms with Gasteiger partial charge >= 0.3 is 5.97 Å². The predicted octanol–water partition coefficient (Wildman–Crippen LogP) is 2.92. The van der Waals surface area contributed by atoms with Gasteiger partial charge in [-0.1, -0.05) is 42.5 Å². The average molecular weight is 461 g/mol. The Kier molecular flexibility index (Phi) is 5.18. The Morgan fingerprint density at radius 2 is 1.86 bits per heavy atom. The van der Waals surface area contributed by atoms with E-state index in [1.165, 1.54) is 16.2 Å². The van der Waals surface area contributed by atoms with Crippen LogP contribution in [0.15, 0.2) is 52.3 Å². The van der Waals surface area contributed by atoms with E-state index in [4.69, 9.17) is 0 Å². The van der Waals surface area contributed by atoms with E-state index < -0.39 is 35.8 Å². The van der Waals surface area contributed by atoms with E-state index in [0.29, 0.717) is 0 Å². The highest BCUT2D eigenvalue weighted by atomic mass is 79.9. The molecule has 8 heteroatoms. The summed E-state index contributed by atoms with van der Waals surface area (Å²) in [7, 11) is 0. The monoisotopic (exact) mass is 460 g/mol. The van der Waals surface area contributed by atoms with Crippen LogP contribution in [0.1, 0.15) is 16.5 Å². The van der Waals surface area contributed by atoms with Gasteiger partial charge in [-0.25, -0.2) is 0 Å². The van der Waals surface area contributed by atoms with Crippen LogP contribution in [-0.4, -0.2) is 40.4 Å². The second-order valence-electron chi connectivity index (χ2n) is 6.75. The number of fused-ring (bicyclic) bond motifs is 1. The standard InChI is InChI=1S/C20H17BrN2O4S/c21-13-9-8-12(28-13)16-14-15(17(22-16)20(26)27)19(25)23(18(14)24)10-4-7-11-5-2-1-3-6-11/h1-9,14-17,22H,10H2,(H,26,27). The molecule has 2 amide bonds. The minimum Gasteiger partial charge on any atom is -0.480 e. The molecule has 28 heavy (non-hydrogen) atoms. The molecule has 6 nitrogen and oxygen atoms in total. The number of imide groups is 1. The molecule has 3 heterocycles. The molecule has 144 valence electrons. The van der Waals surface area contributed by atoms with Crippen LogP contribution in [0.4, 0.5) is 0 Å². The Hall–Kier alpha value is -2.29. The van der Waals surface area contributed by atoms with E-state index in [9.17, 15) is 19.5 Å². The number of carbonyl (C=O) groups excluding carboxylic acids is 2. The minimum absolute atomic E-state index is 0.132. The maximum atomic E-state index is 13.0. The zero-order valence-corrected chi connectivity index (χ0v) is 17.0. The number of carbonyl (C=O) groups is 3. The number of nitrogens with zero attached hydrogens (tertiary/aromatic N) is 1. The summed E-state index contributed by atoms with van der Waals surface area (Å²) in [5.74, 6) is -3.45. The molecule has 0 aliphatic carbocycles. The summed E-state index contributed by atoms with van der Waals surface area (Å²) in [6.45, 7) is 0.132. The van der Waals surface area contributed by atoms with E-state index in [2.05, 4.69) is 21.2 Å². The molecular formula is C20H17BrN2O4S. The smallest absolute Gasteiger partial charge is 0.321 e. The minimum atomic E-state index is -1.11. The lowest BCUT2D eigenvalue weighted by Crippen LogP contribution is -2.43. The number of carboxylic acid groups (broad SMARTS) is 1.